The lowest BCUT2D eigenvalue weighted by atomic mass is 9.94. The van der Waals surface area contributed by atoms with E-state index in [2.05, 4.69) is 25.6 Å². The van der Waals surface area contributed by atoms with Crippen molar-refractivity contribution in [3.63, 3.8) is 0 Å². The third-order valence-electron chi connectivity index (χ3n) is 5.88. The van der Waals surface area contributed by atoms with Gasteiger partial charge in [-0.25, -0.2) is 9.37 Å². The molecule has 9 nitrogen and oxygen atoms in total. The Kier molecular flexibility index (Phi) is 5.31. The number of carbonyl (C=O) groups is 1. The summed E-state index contributed by atoms with van der Waals surface area (Å²) in [5.74, 6) is -0.0807. The molecule has 2 fully saturated rings. The standard InChI is InChI=1S/C21H24FN7O2S/c1-28-20(29-8-7-24-11-21(12-29)6-9-31-21)15(10-25-28)26-18(30)16-17(23)32-19(27-16)13-4-2-3-5-14(13)22/h2-5,10,24H,6-9,11-12,23H2,1H3,(H,26,30). The van der Waals surface area contributed by atoms with Gasteiger partial charge in [0, 0.05) is 45.2 Å². The minimum absolute atomic E-state index is 0.0689. The molecule has 1 unspecified atom stereocenters. The van der Waals surface area contributed by atoms with Gasteiger partial charge in [0.05, 0.1) is 12.8 Å². The molecule has 1 atom stereocenters. The zero-order chi connectivity index (χ0) is 22.3. The van der Waals surface area contributed by atoms with Crippen LogP contribution in [0.15, 0.2) is 30.5 Å². The van der Waals surface area contributed by atoms with Gasteiger partial charge in [-0.05, 0) is 12.1 Å². The lowest BCUT2D eigenvalue weighted by molar-refractivity contribution is -0.135. The van der Waals surface area contributed by atoms with E-state index in [9.17, 15) is 9.18 Å². The van der Waals surface area contributed by atoms with Crippen LogP contribution in [0.2, 0.25) is 0 Å². The third kappa shape index (κ3) is 3.72. The van der Waals surface area contributed by atoms with E-state index in [1.54, 1.807) is 29.1 Å². The van der Waals surface area contributed by atoms with E-state index < -0.39 is 11.7 Å². The van der Waals surface area contributed by atoms with Crippen molar-refractivity contribution in [2.24, 2.45) is 7.05 Å². The Morgan fingerprint density at radius 3 is 2.97 bits per heavy atom. The Morgan fingerprint density at radius 1 is 1.41 bits per heavy atom. The lowest BCUT2D eigenvalue weighted by Crippen LogP contribution is -2.56. The Hall–Kier alpha value is -3.02. The summed E-state index contributed by atoms with van der Waals surface area (Å²) < 4.78 is 21.8. The molecule has 1 spiro atoms. The van der Waals surface area contributed by atoms with Gasteiger partial charge in [-0.2, -0.15) is 5.10 Å². The number of ether oxygens (including phenoxy) is 1. The SMILES string of the molecule is Cn1ncc(NC(=O)c2nc(-c3ccccc3F)sc2N)c1N1CCNCC2(CCO2)C1. The molecule has 0 bridgehead atoms. The van der Waals surface area contributed by atoms with Gasteiger partial charge in [-0.3, -0.25) is 9.48 Å². The van der Waals surface area contributed by atoms with Gasteiger partial charge in [0.1, 0.15) is 27.1 Å². The Bertz CT molecular complexity index is 1160. The smallest absolute Gasteiger partial charge is 0.277 e. The van der Waals surface area contributed by atoms with Crippen LogP contribution in [0, 0.1) is 5.82 Å². The van der Waals surface area contributed by atoms with Crippen LogP contribution in [-0.2, 0) is 11.8 Å². The molecule has 0 radical (unpaired) electrons. The molecule has 2 saturated heterocycles. The first-order chi connectivity index (χ1) is 15.5. The van der Waals surface area contributed by atoms with Crippen molar-refractivity contribution in [2.75, 3.05) is 48.7 Å². The summed E-state index contributed by atoms with van der Waals surface area (Å²) in [7, 11) is 1.84. The number of hydrogen-bond donors (Lipinski definition) is 3. The van der Waals surface area contributed by atoms with E-state index in [-0.39, 0.29) is 16.3 Å². The van der Waals surface area contributed by atoms with Crippen molar-refractivity contribution in [1.82, 2.24) is 20.1 Å². The Labute approximate surface area is 188 Å². The second kappa shape index (κ2) is 8.15. The number of anilines is 3. The minimum Gasteiger partial charge on any atom is -0.389 e. The number of benzene rings is 1. The van der Waals surface area contributed by atoms with Crippen LogP contribution in [0.25, 0.3) is 10.6 Å². The zero-order valence-electron chi connectivity index (χ0n) is 17.6. The molecule has 32 heavy (non-hydrogen) atoms. The Balaban J connectivity index is 1.40. The van der Waals surface area contributed by atoms with E-state index in [0.717, 1.165) is 49.8 Å². The summed E-state index contributed by atoms with van der Waals surface area (Å²) in [6, 6.07) is 6.28. The molecule has 11 heteroatoms. The van der Waals surface area contributed by atoms with Crippen molar-refractivity contribution < 1.29 is 13.9 Å². The van der Waals surface area contributed by atoms with Crippen molar-refractivity contribution in [3.05, 3.63) is 42.0 Å². The second-order valence-corrected chi connectivity index (χ2v) is 9.08. The second-order valence-electron chi connectivity index (χ2n) is 8.05. The molecule has 168 valence electrons. The molecule has 2 aliphatic rings. The number of nitrogens with zero attached hydrogens (tertiary/aromatic N) is 4. The molecule has 2 aromatic heterocycles. The topological polar surface area (TPSA) is 110 Å². The highest BCUT2D eigenvalue weighted by molar-refractivity contribution is 7.19. The number of nitrogen functional groups attached to an aromatic ring is 1. The molecule has 0 saturated carbocycles. The maximum Gasteiger partial charge on any atom is 0.277 e. The number of rotatable bonds is 4. The summed E-state index contributed by atoms with van der Waals surface area (Å²) in [6.07, 6.45) is 2.60. The number of amides is 1. The normalized spacial score (nSPS) is 20.8. The zero-order valence-corrected chi connectivity index (χ0v) is 18.4. The minimum atomic E-state index is -0.460. The highest BCUT2D eigenvalue weighted by Gasteiger charge is 2.42. The van der Waals surface area contributed by atoms with Gasteiger partial charge in [0.2, 0.25) is 0 Å². The van der Waals surface area contributed by atoms with Crippen molar-refractivity contribution in [2.45, 2.75) is 12.0 Å². The van der Waals surface area contributed by atoms with Gasteiger partial charge in [0.15, 0.2) is 11.5 Å². The van der Waals surface area contributed by atoms with Gasteiger partial charge in [-0.1, -0.05) is 23.5 Å². The molecule has 5 rings (SSSR count). The van der Waals surface area contributed by atoms with Gasteiger partial charge in [0.25, 0.3) is 5.91 Å². The van der Waals surface area contributed by atoms with Crippen molar-refractivity contribution >= 4 is 33.8 Å². The van der Waals surface area contributed by atoms with E-state index in [4.69, 9.17) is 10.5 Å². The first kappa shape index (κ1) is 20.9. The molecule has 2 aliphatic heterocycles. The summed E-state index contributed by atoms with van der Waals surface area (Å²) in [4.78, 5) is 19.5. The molecule has 1 amide bonds. The van der Waals surface area contributed by atoms with Crippen LogP contribution >= 0.6 is 11.3 Å². The number of halogens is 1. The largest absolute Gasteiger partial charge is 0.389 e. The van der Waals surface area contributed by atoms with E-state index in [1.165, 1.54) is 6.07 Å². The molecule has 3 aromatic rings. The Morgan fingerprint density at radius 2 is 2.22 bits per heavy atom. The maximum absolute atomic E-state index is 14.1. The highest BCUT2D eigenvalue weighted by Crippen LogP contribution is 2.35. The average molecular weight is 458 g/mol. The summed E-state index contributed by atoms with van der Waals surface area (Å²) in [5, 5.41) is 11.3. The predicted molar refractivity (Wildman–Crippen MR) is 121 cm³/mol. The van der Waals surface area contributed by atoms with Crippen LogP contribution < -0.4 is 21.3 Å². The summed E-state index contributed by atoms with van der Waals surface area (Å²) in [5.41, 5.74) is 6.80. The fourth-order valence-corrected chi connectivity index (χ4v) is 5.02. The van der Waals surface area contributed by atoms with E-state index >= 15 is 0 Å². The van der Waals surface area contributed by atoms with Crippen LogP contribution in [0.3, 0.4) is 0 Å². The maximum atomic E-state index is 14.1. The third-order valence-corrected chi connectivity index (χ3v) is 6.80. The first-order valence-corrected chi connectivity index (χ1v) is 11.2. The predicted octanol–water partition coefficient (Wildman–Crippen LogP) is 2.09. The molecule has 0 aliphatic carbocycles. The molecular weight excluding hydrogens is 433 g/mol. The monoisotopic (exact) mass is 457 g/mol. The van der Waals surface area contributed by atoms with Crippen LogP contribution in [0.4, 0.5) is 20.9 Å². The van der Waals surface area contributed by atoms with Crippen molar-refractivity contribution in [3.8, 4) is 10.6 Å². The number of hydrogen-bond acceptors (Lipinski definition) is 8. The summed E-state index contributed by atoms with van der Waals surface area (Å²) >= 11 is 1.08. The summed E-state index contributed by atoms with van der Waals surface area (Å²) in [6.45, 7) is 3.83. The van der Waals surface area contributed by atoms with Gasteiger partial charge < -0.3 is 26.0 Å². The fourth-order valence-electron chi connectivity index (χ4n) is 4.17. The number of aromatic nitrogens is 3. The van der Waals surface area contributed by atoms with Crippen LogP contribution in [-0.4, -0.2) is 59.1 Å². The van der Waals surface area contributed by atoms with Gasteiger partial charge >= 0.3 is 0 Å². The molecule has 1 aromatic carbocycles. The van der Waals surface area contributed by atoms with E-state index in [1.807, 2.05) is 7.05 Å². The number of nitrogens with one attached hydrogen (secondary N) is 2. The quantitative estimate of drug-likeness (QED) is 0.550. The van der Waals surface area contributed by atoms with Gasteiger partial charge in [-0.15, -0.1) is 0 Å². The number of aryl methyl sites for hydroxylation is 1. The first-order valence-electron chi connectivity index (χ1n) is 10.4. The molecular formula is C21H24FN7O2S. The van der Waals surface area contributed by atoms with Crippen molar-refractivity contribution in [1.29, 1.82) is 0 Å². The highest BCUT2D eigenvalue weighted by atomic mass is 32.1. The number of carbonyl (C=O) groups excluding carboxylic acids is 1. The number of thiazole rings is 1. The lowest BCUT2D eigenvalue weighted by Gasteiger charge is -2.43. The fraction of sp³-hybridized carbons (Fsp3) is 0.381. The number of nitrogens with two attached hydrogens (primary N) is 1. The average Bonchev–Trinajstić information content (AvgIpc) is 3.21. The molecule has 4 N–H and O–H groups in total. The van der Waals surface area contributed by atoms with Crippen LogP contribution in [0.1, 0.15) is 16.9 Å². The molecule has 4 heterocycles. The van der Waals surface area contributed by atoms with Crippen LogP contribution in [0.5, 0.6) is 0 Å². The van der Waals surface area contributed by atoms with E-state index in [0.29, 0.717) is 22.8 Å².